The van der Waals surface area contributed by atoms with Crippen molar-refractivity contribution in [2.75, 3.05) is 19.7 Å². The van der Waals surface area contributed by atoms with Gasteiger partial charge in [0.25, 0.3) is 5.91 Å². The van der Waals surface area contributed by atoms with Crippen LogP contribution in [0.1, 0.15) is 32.0 Å². The van der Waals surface area contributed by atoms with Gasteiger partial charge in [-0.05, 0) is 23.6 Å². The Morgan fingerprint density at radius 1 is 1.27 bits per heavy atom. The molecule has 0 aliphatic carbocycles. The van der Waals surface area contributed by atoms with E-state index in [1.165, 1.54) is 18.2 Å². The van der Waals surface area contributed by atoms with Crippen LogP contribution < -0.4 is 0 Å². The molecule has 3 rings (SSSR count). The van der Waals surface area contributed by atoms with Gasteiger partial charge in [0, 0.05) is 11.4 Å². The first-order chi connectivity index (χ1) is 10.6. The molecule has 0 saturated carbocycles. The molecule has 1 fully saturated rings. The number of nitrogens with zero attached hydrogens (tertiary/aromatic N) is 2. The van der Waals surface area contributed by atoms with Crippen molar-refractivity contribution in [2.24, 2.45) is 0 Å². The second-order valence-electron chi connectivity index (χ2n) is 4.84. The SMILES string of the molecule is O=C(O)c1cccc(C(=O)N2CCOC(c3cccs3)C2)n1. The molecule has 7 heteroatoms. The monoisotopic (exact) mass is 318 g/mol. The summed E-state index contributed by atoms with van der Waals surface area (Å²) in [5, 5.41) is 10.9. The topological polar surface area (TPSA) is 79.7 Å². The van der Waals surface area contributed by atoms with Crippen molar-refractivity contribution in [3.63, 3.8) is 0 Å². The third kappa shape index (κ3) is 3.00. The number of carbonyl (C=O) groups excluding carboxylic acids is 1. The minimum Gasteiger partial charge on any atom is -0.477 e. The van der Waals surface area contributed by atoms with Crippen molar-refractivity contribution >= 4 is 23.2 Å². The van der Waals surface area contributed by atoms with Gasteiger partial charge in [0.1, 0.15) is 17.5 Å². The Kier molecular flexibility index (Phi) is 4.17. The largest absolute Gasteiger partial charge is 0.477 e. The Hall–Kier alpha value is -2.25. The molecule has 22 heavy (non-hydrogen) atoms. The van der Waals surface area contributed by atoms with E-state index in [0.717, 1.165) is 4.88 Å². The Labute approximate surface area is 131 Å². The molecule has 1 atom stereocenters. The van der Waals surface area contributed by atoms with Crippen molar-refractivity contribution in [3.05, 3.63) is 52.0 Å². The lowest BCUT2D eigenvalue weighted by Crippen LogP contribution is -2.42. The lowest BCUT2D eigenvalue weighted by Gasteiger charge is -2.32. The maximum atomic E-state index is 12.5. The molecule has 0 spiro atoms. The zero-order chi connectivity index (χ0) is 15.5. The van der Waals surface area contributed by atoms with Crippen LogP contribution in [0.3, 0.4) is 0 Å². The van der Waals surface area contributed by atoms with Gasteiger partial charge in [-0.3, -0.25) is 4.79 Å². The number of thiophene rings is 1. The quantitative estimate of drug-likeness (QED) is 0.937. The highest BCUT2D eigenvalue weighted by molar-refractivity contribution is 7.10. The van der Waals surface area contributed by atoms with Crippen LogP contribution in [0.4, 0.5) is 0 Å². The van der Waals surface area contributed by atoms with E-state index in [-0.39, 0.29) is 23.4 Å². The number of hydrogen-bond donors (Lipinski definition) is 1. The molecule has 0 radical (unpaired) electrons. The number of carboxylic acid groups (broad SMARTS) is 1. The van der Waals surface area contributed by atoms with E-state index in [0.29, 0.717) is 19.7 Å². The summed E-state index contributed by atoms with van der Waals surface area (Å²) in [5.41, 5.74) is 0.0145. The molecule has 3 heterocycles. The minimum atomic E-state index is -1.15. The average molecular weight is 318 g/mol. The van der Waals surface area contributed by atoms with Crippen molar-refractivity contribution < 1.29 is 19.4 Å². The van der Waals surface area contributed by atoms with Crippen molar-refractivity contribution in [3.8, 4) is 0 Å². The van der Waals surface area contributed by atoms with E-state index in [1.807, 2.05) is 17.5 Å². The number of rotatable bonds is 3. The highest BCUT2D eigenvalue weighted by atomic mass is 32.1. The molecule has 1 saturated heterocycles. The molecule has 6 nitrogen and oxygen atoms in total. The van der Waals surface area contributed by atoms with E-state index in [4.69, 9.17) is 9.84 Å². The summed E-state index contributed by atoms with van der Waals surface area (Å²) in [5.74, 6) is -1.42. The molecular formula is C15H14N2O4S. The first-order valence-electron chi connectivity index (χ1n) is 6.80. The Bertz CT molecular complexity index is 687. The smallest absolute Gasteiger partial charge is 0.354 e. The summed E-state index contributed by atoms with van der Waals surface area (Å²) in [7, 11) is 0. The van der Waals surface area contributed by atoms with Crippen LogP contribution in [-0.2, 0) is 4.74 Å². The van der Waals surface area contributed by atoms with Gasteiger partial charge in [0.2, 0.25) is 0 Å². The Morgan fingerprint density at radius 3 is 2.82 bits per heavy atom. The standard InChI is InChI=1S/C15H14N2O4S/c18-14(10-3-1-4-11(16-10)15(19)20)17-6-7-21-12(9-17)13-5-2-8-22-13/h1-5,8,12H,6-7,9H2,(H,19,20). The zero-order valence-electron chi connectivity index (χ0n) is 11.6. The second kappa shape index (κ2) is 6.25. The number of morpholine rings is 1. The van der Waals surface area contributed by atoms with Crippen LogP contribution >= 0.6 is 11.3 Å². The molecule has 2 aromatic heterocycles. The van der Waals surface area contributed by atoms with E-state index < -0.39 is 5.97 Å². The van der Waals surface area contributed by atoms with Gasteiger partial charge >= 0.3 is 5.97 Å². The number of pyridine rings is 1. The lowest BCUT2D eigenvalue weighted by molar-refractivity contribution is -0.0213. The van der Waals surface area contributed by atoms with E-state index >= 15 is 0 Å². The highest BCUT2D eigenvalue weighted by Gasteiger charge is 2.27. The summed E-state index contributed by atoms with van der Waals surface area (Å²) < 4.78 is 5.70. The maximum Gasteiger partial charge on any atom is 0.354 e. The average Bonchev–Trinajstić information content (AvgIpc) is 3.09. The molecule has 1 aliphatic rings. The van der Waals surface area contributed by atoms with Crippen molar-refractivity contribution in [1.29, 1.82) is 0 Å². The predicted molar refractivity (Wildman–Crippen MR) is 80.1 cm³/mol. The number of carboxylic acids is 1. The summed E-state index contributed by atoms with van der Waals surface area (Å²) in [6.45, 7) is 1.37. The van der Waals surface area contributed by atoms with Crippen LogP contribution in [-0.4, -0.2) is 46.6 Å². The summed E-state index contributed by atoms with van der Waals surface area (Å²) in [4.78, 5) is 30.1. The molecule has 1 aliphatic heterocycles. The number of aromatic nitrogens is 1. The fourth-order valence-electron chi connectivity index (χ4n) is 2.32. The lowest BCUT2D eigenvalue weighted by atomic mass is 10.2. The highest BCUT2D eigenvalue weighted by Crippen LogP contribution is 2.26. The van der Waals surface area contributed by atoms with Crippen molar-refractivity contribution in [2.45, 2.75) is 6.10 Å². The number of hydrogen-bond acceptors (Lipinski definition) is 5. The molecule has 1 unspecified atom stereocenters. The fourth-order valence-corrected chi connectivity index (χ4v) is 3.08. The number of carbonyl (C=O) groups is 2. The third-order valence-electron chi connectivity index (χ3n) is 3.40. The molecule has 114 valence electrons. The van der Waals surface area contributed by atoms with Gasteiger partial charge in [0.15, 0.2) is 0 Å². The Balaban J connectivity index is 1.77. The van der Waals surface area contributed by atoms with Crippen LogP contribution in [0.2, 0.25) is 0 Å². The van der Waals surface area contributed by atoms with Crippen LogP contribution in [0.25, 0.3) is 0 Å². The van der Waals surface area contributed by atoms with Gasteiger partial charge < -0.3 is 14.7 Å². The first-order valence-corrected chi connectivity index (χ1v) is 7.68. The molecule has 2 aromatic rings. The van der Waals surface area contributed by atoms with Crippen LogP contribution in [0.15, 0.2) is 35.7 Å². The van der Waals surface area contributed by atoms with Gasteiger partial charge in [0.05, 0.1) is 13.2 Å². The fraction of sp³-hybridized carbons (Fsp3) is 0.267. The third-order valence-corrected chi connectivity index (χ3v) is 4.37. The van der Waals surface area contributed by atoms with Crippen molar-refractivity contribution in [1.82, 2.24) is 9.88 Å². The first kappa shape index (κ1) is 14.7. The molecule has 1 N–H and O–H groups in total. The molecule has 1 amide bonds. The molecule has 0 bridgehead atoms. The summed E-state index contributed by atoms with van der Waals surface area (Å²) in [6.07, 6.45) is -0.139. The second-order valence-corrected chi connectivity index (χ2v) is 5.82. The number of amides is 1. The van der Waals surface area contributed by atoms with E-state index in [1.54, 1.807) is 16.2 Å². The van der Waals surface area contributed by atoms with Gasteiger partial charge in [-0.15, -0.1) is 11.3 Å². The van der Waals surface area contributed by atoms with Gasteiger partial charge in [-0.2, -0.15) is 0 Å². The normalized spacial score (nSPS) is 18.2. The van der Waals surface area contributed by atoms with Crippen LogP contribution in [0, 0.1) is 0 Å². The number of aromatic carboxylic acids is 1. The van der Waals surface area contributed by atoms with E-state index in [2.05, 4.69) is 4.98 Å². The molecule has 0 aromatic carbocycles. The van der Waals surface area contributed by atoms with Gasteiger partial charge in [-0.1, -0.05) is 12.1 Å². The molecular weight excluding hydrogens is 304 g/mol. The minimum absolute atomic E-state index is 0.131. The summed E-state index contributed by atoms with van der Waals surface area (Å²) >= 11 is 1.59. The zero-order valence-corrected chi connectivity index (χ0v) is 12.5. The van der Waals surface area contributed by atoms with Gasteiger partial charge in [-0.25, -0.2) is 9.78 Å². The number of ether oxygens (including phenoxy) is 1. The summed E-state index contributed by atoms with van der Waals surface area (Å²) in [6, 6.07) is 8.35. The van der Waals surface area contributed by atoms with E-state index in [9.17, 15) is 9.59 Å². The van der Waals surface area contributed by atoms with Crippen LogP contribution in [0.5, 0.6) is 0 Å². The maximum absolute atomic E-state index is 12.5. The predicted octanol–water partition coefficient (Wildman–Crippen LogP) is 2.05. The Morgan fingerprint density at radius 2 is 2.09 bits per heavy atom.